The minimum Gasteiger partial charge on any atom is -0.378 e. The zero-order chi connectivity index (χ0) is 23.9. The predicted molar refractivity (Wildman–Crippen MR) is 133 cm³/mol. The second kappa shape index (κ2) is 13.0. The number of nitrogens with one attached hydrogen (secondary N) is 1. The number of piperidine rings is 2. The van der Waals surface area contributed by atoms with Gasteiger partial charge >= 0.3 is 0 Å². The fourth-order valence-electron chi connectivity index (χ4n) is 5.43. The second-order valence-electron chi connectivity index (χ2n) is 12.1. The van der Waals surface area contributed by atoms with Crippen molar-refractivity contribution in [1.82, 2.24) is 10.4 Å². The molecule has 0 aliphatic carbocycles. The van der Waals surface area contributed by atoms with E-state index in [0.29, 0.717) is 35.9 Å². The van der Waals surface area contributed by atoms with Crippen molar-refractivity contribution in [1.29, 1.82) is 0 Å². The highest BCUT2D eigenvalue weighted by molar-refractivity contribution is 4.92. The molecule has 5 nitrogen and oxygen atoms in total. The average molecular weight is 455 g/mol. The van der Waals surface area contributed by atoms with Crippen LogP contribution >= 0.6 is 0 Å². The van der Waals surface area contributed by atoms with Gasteiger partial charge in [0.25, 0.3) is 0 Å². The molecule has 2 aliphatic heterocycles. The van der Waals surface area contributed by atoms with Gasteiger partial charge in [-0.05, 0) is 70.1 Å². The normalized spacial score (nSPS) is 31.7. The van der Waals surface area contributed by atoms with Gasteiger partial charge in [-0.3, -0.25) is 0 Å². The van der Waals surface area contributed by atoms with E-state index in [4.69, 9.17) is 9.47 Å². The van der Waals surface area contributed by atoms with Crippen LogP contribution in [0.5, 0.6) is 0 Å². The molecule has 190 valence electrons. The van der Waals surface area contributed by atoms with Gasteiger partial charge in [-0.2, -0.15) is 5.06 Å². The molecule has 0 bridgehead atoms. The fourth-order valence-corrected chi connectivity index (χ4v) is 5.43. The van der Waals surface area contributed by atoms with Crippen LogP contribution in [0, 0.1) is 17.8 Å². The highest BCUT2D eigenvalue weighted by Gasteiger charge is 2.41. The van der Waals surface area contributed by atoms with E-state index in [0.717, 1.165) is 51.7 Å². The maximum absolute atomic E-state index is 10.5. The van der Waals surface area contributed by atoms with E-state index in [1.165, 1.54) is 12.8 Å². The van der Waals surface area contributed by atoms with Crippen LogP contribution < -0.4 is 5.32 Å². The number of hydrogen-bond acceptors (Lipinski definition) is 5. The minimum atomic E-state index is -0.215. The molecule has 0 saturated carbocycles. The van der Waals surface area contributed by atoms with Gasteiger partial charge in [0.1, 0.15) is 0 Å². The smallest absolute Gasteiger partial charge is 0.0609 e. The number of hydrogen-bond donors (Lipinski definition) is 2. The summed E-state index contributed by atoms with van der Waals surface area (Å²) in [5.74, 6) is 1.75. The molecule has 5 heteroatoms. The lowest BCUT2D eigenvalue weighted by Crippen LogP contribution is -2.57. The molecule has 4 atom stereocenters. The molecular weight excluding hydrogens is 400 g/mol. The standard InChI is InChI=1S/C27H54N2O3/c1-19(2)24-15-22(16-25(28-24)20(3)4)31-13-11-9-10-12-14-32-23-17-26(21(5)6)29(30)27(7,8)18-23/h19-26,28,30H,9-18H2,1-8H3. The lowest BCUT2D eigenvalue weighted by Gasteiger charge is -2.48. The summed E-state index contributed by atoms with van der Waals surface area (Å²) in [4.78, 5) is 0. The van der Waals surface area contributed by atoms with E-state index in [9.17, 15) is 5.21 Å². The summed E-state index contributed by atoms with van der Waals surface area (Å²) >= 11 is 0. The van der Waals surface area contributed by atoms with E-state index >= 15 is 0 Å². The first kappa shape index (κ1) is 28.0. The van der Waals surface area contributed by atoms with E-state index < -0.39 is 0 Å². The van der Waals surface area contributed by atoms with Crippen LogP contribution in [0.15, 0.2) is 0 Å². The molecule has 4 unspecified atom stereocenters. The predicted octanol–water partition coefficient (Wildman–Crippen LogP) is 6.04. The summed E-state index contributed by atoms with van der Waals surface area (Å²) in [6.07, 6.45) is 9.46. The zero-order valence-electron chi connectivity index (χ0n) is 22.4. The van der Waals surface area contributed by atoms with Crippen LogP contribution in [0.4, 0.5) is 0 Å². The van der Waals surface area contributed by atoms with Crippen molar-refractivity contribution >= 4 is 0 Å². The van der Waals surface area contributed by atoms with Crippen LogP contribution in [-0.2, 0) is 9.47 Å². The van der Waals surface area contributed by atoms with Crippen LogP contribution in [-0.4, -0.2) is 59.4 Å². The number of hydroxylamine groups is 2. The van der Waals surface area contributed by atoms with Gasteiger partial charge in [-0.25, -0.2) is 0 Å². The Bertz CT molecular complexity index is 507. The van der Waals surface area contributed by atoms with Crippen molar-refractivity contribution in [3.05, 3.63) is 0 Å². The maximum atomic E-state index is 10.5. The Balaban J connectivity index is 1.59. The number of nitrogens with zero attached hydrogens (tertiary/aromatic N) is 1. The van der Waals surface area contributed by atoms with E-state index in [1.807, 2.05) is 0 Å². The van der Waals surface area contributed by atoms with E-state index in [1.54, 1.807) is 5.06 Å². The zero-order valence-corrected chi connectivity index (χ0v) is 22.4. The Hall–Kier alpha value is -0.200. The third-order valence-corrected chi connectivity index (χ3v) is 7.75. The molecule has 0 radical (unpaired) electrons. The Labute approximate surface area is 199 Å². The lowest BCUT2D eigenvalue weighted by molar-refractivity contribution is -0.240. The maximum Gasteiger partial charge on any atom is 0.0609 e. The quantitative estimate of drug-likeness (QED) is 0.352. The van der Waals surface area contributed by atoms with Gasteiger partial charge in [0.05, 0.1) is 12.2 Å². The molecule has 0 aromatic heterocycles. The molecule has 0 spiro atoms. The molecular formula is C27H54N2O3. The molecule has 0 amide bonds. The Morgan fingerprint density at radius 2 is 1.28 bits per heavy atom. The monoisotopic (exact) mass is 454 g/mol. The van der Waals surface area contributed by atoms with E-state index in [2.05, 4.69) is 60.7 Å². The van der Waals surface area contributed by atoms with Crippen LogP contribution in [0.3, 0.4) is 0 Å². The first-order chi connectivity index (χ1) is 15.0. The fraction of sp³-hybridized carbons (Fsp3) is 1.00. The van der Waals surface area contributed by atoms with Crippen molar-refractivity contribution < 1.29 is 14.7 Å². The largest absolute Gasteiger partial charge is 0.378 e. The van der Waals surface area contributed by atoms with Gasteiger partial charge in [0, 0.05) is 36.9 Å². The van der Waals surface area contributed by atoms with Crippen molar-refractivity contribution in [2.75, 3.05) is 13.2 Å². The number of rotatable bonds is 12. The van der Waals surface area contributed by atoms with Gasteiger partial charge in [-0.1, -0.05) is 54.4 Å². The molecule has 2 saturated heterocycles. The summed E-state index contributed by atoms with van der Waals surface area (Å²) in [7, 11) is 0. The summed E-state index contributed by atoms with van der Waals surface area (Å²) < 4.78 is 12.6. The van der Waals surface area contributed by atoms with Gasteiger partial charge in [-0.15, -0.1) is 0 Å². The Morgan fingerprint density at radius 3 is 1.75 bits per heavy atom. The van der Waals surface area contributed by atoms with Gasteiger partial charge < -0.3 is 20.0 Å². The molecule has 2 heterocycles. The Morgan fingerprint density at radius 1 is 0.781 bits per heavy atom. The molecule has 0 aromatic rings. The van der Waals surface area contributed by atoms with E-state index in [-0.39, 0.29) is 17.7 Å². The van der Waals surface area contributed by atoms with Crippen molar-refractivity contribution in [2.24, 2.45) is 17.8 Å². The number of unbranched alkanes of at least 4 members (excludes halogenated alkanes) is 3. The lowest BCUT2D eigenvalue weighted by atomic mass is 9.82. The summed E-state index contributed by atoms with van der Waals surface area (Å²) in [5, 5.41) is 15.9. The number of ether oxygens (including phenoxy) is 2. The van der Waals surface area contributed by atoms with Gasteiger partial charge in [0.2, 0.25) is 0 Å². The van der Waals surface area contributed by atoms with Crippen molar-refractivity contribution in [3.63, 3.8) is 0 Å². The molecule has 2 fully saturated rings. The third-order valence-electron chi connectivity index (χ3n) is 7.75. The third kappa shape index (κ3) is 8.54. The topological polar surface area (TPSA) is 54.0 Å². The second-order valence-corrected chi connectivity index (χ2v) is 12.1. The summed E-state index contributed by atoms with van der Waals surface area (Å²) in [6, 6.07) is 1.34. The van der Waals surface area contributed by atoms with Crippen LogP contribution in [0.2, 0.25) is 0 Å². The average Bonchev–Trinajstić information content (AvgIpc) is 2.71. The SMILES string of the molecule is CC(C)C1CC(OCCCCCCOC2CC(C(C)C)N(O)C(C)(C)C2)CC(C(C)C)N1. The van der Waals surface area contributed by atoms with Crippen LogP contribution in [0.25, 0.3) is 0 Å². The molecule has 32 heavy (non-hydrogen) atoms. The first-order valence-electron chi connectivity index (χ1n) is 13.5. The summed E-state index contributed by atoms with van der Waals surface area (Å²) in [6.45, 7) is 19.6. The minimum absolute atomic E-state index is 0.182. The van der Waals surface area contributed by atoms with Crippen molar-refractivity contribution in [3.8, 4) is 0 Å². The van der Waals surface area contributed by atoms with Gasteiger partial charge in [0.15, 0.2) is 0 Å². The molecule has 2 N–H and O–H groups in total. The highest BCUT2D eigenvalue weighted by Crippen LogP contribution is 2.34. The summed E-state index contributed by atoms with van der Waals surface area (Å²) in [5.41, 5.74) is -0.215. The molecule has 2 aliphatic rings. The van der Waals surface area contributed by atoms with Crippen LogP contribution in [0.1, 0.15) is 107 Å². The first-order valence-corrected chi connectivity index (χ1v) is 13.5. The van der Waals surface area contributed by atoms with Crippen molar-refractivity contribution in [2.45, 2.75) is 143 Å². The highest BCUT2D eigenvalue weighted by atomic mass is 16.5. The molecule has 0 aromatic carbocycles. The Kier molecular flexibility index (Phi) is 11.4. The molecule has 2 rings (SSSR count).